The van der Waals surface area contributed by atoms with Gasteiger partial charge in [-0.15, -0.1) is 24.0 Å². The quantitative estimate of drug-likeness (QED) is 0.490. The van der Waals surface area contributed by atoms with Gasteiger partial charge >= 0.3 is 0 Å². The third-order valence-electron chi connectivity index (χ3n) is 2.68. The molecule has 17 heavy (non-hydrogen) atoms. The molecule has 0 aliphatic heterocycles. The lowest BCUT2D eigenvalue weighted by molar-refractivity contribution is 0.680. The van der Waals surface area contributed by atoms with E-state index in [2.05, 4.69) is 26.8 Å². The molecule has 0 radical (unpaired) electrons. The summed E-state index contributed by atoms with van der Waals surface area (Å²) in [6.07, 6.45) is 2.51. The number of aliphatic imine (C=N–C) groups is 1. The Morgan fingerprint density at radius 3 is 2.76 bits per heavy atom. The molecular weight excluding hydrogens is 329 g/mol. The van der Waals surface area contributed by atoms with Crippen molar-refractivity contribution in [1.29, 1.82) is 0 Å². The molecule has 0 amide bonds. The molecule has 1 fully saturated rings. The Labute approximate surface area is 119 Å². The summed E-state index contributed by atoms with van der Waals surface area (Å²) in [4.78, 5) is 4.18. The van der Waals surface area contributed by atoms with E-state index in [1.165, 1.54) is 12.8 Å². The molecule has 1 heterocycles. The fourth-order valence-corrected chi connectivity index (χ4v) is 1.62. The number of hydrogen-bond donors (Lipinski definition) is 2. The lowest BCUT2D eigenvalue weighted by Gasteiger charge is -2.10. The highest BCUT2D eigenvalue weighted by atomic mass is 127. The zero-order valence-electron chi connectivity index (χ0n) is 10.5. The van der Waals surface area contributed by atoms with Crippen LogP contribution < -0.4 is 10.6 Å². The molecule has 0 saturated heterocycles. The molecule has 0 atom stereocenters. The second kappa shape index (κ2) is 6.23. The Balaban J connectivity index is 0.00000144. The standard InChI is InChI=1S/C11H19N5.HI/c1-8-6-10(16(3)15-8)7-13-11(12-2)14-9-4-5-9;/h6,9H,4-5,7H2,1-3H3,(H2,12,13,14);1H. The normalized spacial score (nSPS) is 15.4. The van der Waals surface area contributed by atoms with Gasteiger partial charge in [-0.2, -0.15) is 5.10 Å². The van der Waals surface area contributed by atoms with Gasteiger partial charge < -0.3 is 10.6 Å². The monoisotopic (exact) mass is 349 g/mol. The van der Waals surface area contributed by atoms with Crippen molar-refractivity contribution in [2.75, 3.05) is 7.05 Å². The van der Waals surface area contributed by atoms with Gasteiger partial charge in [0.2, 0.25) is 0 Å². The Bertz CT molecular complexity index is 395. The molecule has 0 aromatic carbocycles. The summed E-state index contributed by atoms with van der Waals surface area (Å²) in [6, 6.07) is 2.71. The Kier molecular flexibility index (Phi) is 5.23. The van der Waals surface area contributed by atoms with Crippen LogP contribution in [0.5, 0.6) is 0 Å². The molecule has 6 heteroatoms. The molecule has 1 aliphatic carbocycles. The molecule has 1 aromatic heterocycles. The molecular formula is C11H20IN5. The van der Waals surface area contributed by atoms with E-state index < -0.39 is 0 Å². The lowest BCUT2D eigenvalue weighted by Crippen LogP contribution is -2.38. The first-order valence-electron chi connectivity index (χ1n) is 5.65. The summed E-state index contributed by atoms with van der Waals surface area (Å²) >= 11 is 0. The highest BCUT2D eigenvalue weighted by Crippen LogP contribution is 2.18. The summed E-state index contributed by atoms with van der Waals surface area (Å²) in [5, 5.41) is 10.9. The highest BCUT2D eigenvalue weighted by Gasteiger charge is 2.22. The van der Waals surface area contributed by atoms with E-state index in [0.717, 1.165) is 23.9 Å². The maximum atomic E-state index is 4.30. The van der Waals surface area contributed by atoms with Crippen molar-refractivity contribution >= 4 is 29.9 Å². The number of hydrogen-bond acceptors (Lipinski definition) is 2. The fraction of sp³-hybridized carbons (Fsp3) is 0.636. The van der Waals surface area contributed by atoms with E-state index in [9.17, 15) is 0 Å². The molecule has 1 saturated carbocycles. The molecule has 0 spiro atoms. The molecule has 5 nitrogen and oxygen atoms in total. The summed E-state index contributed by atoms with van der Waals surface area (Å²) in [5.74, 6) is 0.876. The number of nitrogens with zero attached hydrogens (tertiary/aromatic N) is 3. The zero-order valence-corrected chi connectivity index (χ0v) is 12.9. The second-order valence-electron chi connectivity index (χ2n) is 4.25. The maximum absolute atomic E-state index is 4.30. The van der Waals surface area contributed by atoms with Crippen LogP contribution in [0.25, 0.3) is 0 Å². The smallest absolute Gasteiger partial charge is 0.191 e. The number of nitrogens with one attached hydrogen (secondary N) is 2. The first-order valence-corrected chi connectivity index (χ1v) is 5.65. The summed E-state index contributed by atoms with van der Waals surface area (Å²) in [7, 11) is 3.76. The summed E-state index contributed by atoms with van der Waals surface area (Å²) in [6.45, 7) is 2.75. The average molecular weight is 349 g/mol. The van der Waals surface area contributed by atoms with E-state index in [4.69, 9.17) is 0 Å². The summed E-state index contributed by atoms with van der Waals surface area (Å²) in [5.41, 5.74) is 2.21. The van der Waals surface area contributed by atoms with Gasteiger partial charge in [-0.1, -0.05) is 0 Å². The van der Waals surface area contributed by atoms with Crippen LogP contribution in [0.1, 0.15) is 24.2 Å². The third-order valence-corrected chi connectivity index (χ3v) is 2.68. The number of aryl methyl sites for hydroxylation is 2. The van der Waals surface area contributed by atoms with Crippen molar-refractivity contribution in [2.24, 2.45) is 12.0 Å². The number of halogens is 1. The van der Waals surface area contributed by atoms with Crippen molar-refractivity contribution in [2.45, 2.75) is 32.4 Å². The van der Waals surface area contributed by atoms with Crippen LogP contribution in [0.2, 0.25) is 0 Å². The van der Waals surface area contributed by atoms with E-state index in [1.807, 2.05) is 18.7 Å². The third kappa shape index (κ3) is 4.18. The fourth-order valence-electron chi connectivity index (χ4n) is 1.62. The largest absolute Gasteiger partial charge is 0.354 e. The van der Waals surface area contributed by atoms with Crippen LogP contribution >= 0.6 is 24.0 Å². The van der Waals surface area contributed by atoms with Crippen molar-refractivity contribution in [3.63, 3.8) is 0 Å². The van der Waals surface area contributed by atoms with Gasteiger partial charge in [0.1, 0.15) is 0 Å². The predicted octanol–water partition coefficient (Wildman–Crippen LogP) is 1.17. The van der Waals surface area contributed by atoms with Crippen LogP contribution in [0.4, 0.5) is 0 Å². The molecule has 0 unspecified atom stereocenters. The van der Waals surface area contributed by atoms with Crippen molar-refractivity contribution in [3.8, 4) is 0 Å². The highest BCUT2D eigenvalue weighted by molar-refractivity contribution is 14.0. The predicted molar refractivity (Wildman–Crippen MR) is 79.7 cm³/mol. The van der Waals surface area contributed by atoms with Crippen LogP contribution in [0, 0.1) is 6.92 Å². The van der Waals surface area contributed by atoms with Crippen LogP contribution in [-0.4, -0.2) is 28.8 Å². The van der Waals surface area contributed by atoms with Crippen molar-refractivity contribution in [3.05, 3.63) is 17.5 Å². The topological polar surface area (TPSA) is 54.2 Å². The molecule has 2 rings (SSSR count). The SMILES string of the molecule is CN=C(NCc1cc(C)nn1C)NC1CC1.I. The Morgan fingerprint density at radius 2 is 2.29 bits per heavy atom. The van der Waals surface area contributed by atoms with E-state index in [1.54, 1.807) is 7.05 Å². The Hall–Kier alpha value is -0.790. The summed E-state index contributed by atoms with van der Waals surface area (Å²) < 4.78 is 1.90. The van der Waals surface area contributed by atoms with Gasteiger partial charge in [-0.3, -0.25) is 9.67 Å². The first kappa shape index (κ1) is 14.3. The van der Waals surface area contributed by atoms with Crippen LogP contribution in [0.15, 0.2) is 11.1 Å². The average Bonchev–Trinajstić information content (AvgIpc) is 3.00. The minimum absolute atomic E-state index is 0. The van der Waals surface area contributed by atoms with Gasteiger partial charge in [-0.25, -0.2) is 0 Å². The van der Waals surface area contributed by atoms with Crippen molar-refractivity contribution in [1.82, 2.24) is 20.4 Å². The van der Waals surface area contributed by atoms with E-state index >= 15 is 0 Å². The van der Waals surface area contributed by atoms with Crippen LogP contribution in [0.3, 0.4) is 0 Å². The molecule has 1 aromatic rings. The molecule has 0 bridgehead atoms. The minimum atomic E-state index is 0. The number of aromatic nitrogens is 2. The van der Waals surface area contributed by atoms with Gasteiger partial charge in [0.05, 0.1) is 17.9 Å². The van der Waals surface area contributed by atoms with Gasteiger partial charge in [0.15, 0.2) is 5.96 Å². The maximum Gasteiger partial charge on any atom is 0.191 e. The molecule has 96 valence electrons. The van der Waals surface area contributed by atoms with Crippen LogP contribution in [-0.2, 0) is 13.6 Å². The molecule has 1 aliphatic rings. The van der Waals surface area contributed by atoms with Gasteiger partial charge in [-0.05, 0) is 25.8 Å². The number of guanidine groups is 1. The minimum Gasteiger partial charge on any atom is -0.354 e. The molecule has 2 N–H and O–H groups in total. The van der Waals surface area contributed by atoms with Gasteiger partial charge in [0, 0.05) is 20.1 Å². The zero-order chi connectivity index (χ0) is 11.5. The van der Waals surface area contributed by atoms with E-state index in [-0.39, 0.29) is 24.0 Å². The number of rotatable bonds is 3. The Morgan fingerprint density at radius 1 is 1.59 bits per heavy atom. The second-order valence-corrected chi connectivity index (χ2v) is 4.25. The van der Waals surface area contributed by atoms with Gasteiger partial charge in [0.25, 0.3) is 0 Å². The lowest BCUT2D eigenvalue weighted by atomic mass is 10.3. The van der Waals surface area contributed by atoms with E-state index in [0.29, 0.717) is 6.04 Å². The van der Waals surface area contributed by atoms with Crippen molar-refractivity contribution < 1.29 is 0 Å². The first-order chi connectivity index (χ1) is 7.69.